The molecule has 2 aromatic rings. The molecule has 3 rings (SSSR count). The summed E-state index contributed by atoms with van der Waals surface area (Å²) < 4.78 is 5.19. The van der Waals surface area contributed by atoms with Gasteiger partial charge in [-0.3, -0.25) is 4.79 Å². The molecule has 1 aliphatic carbocycles. The number of furan rings is 1. The lowest BCUT2D eigenvalue weighted by Crippen LogP contribution is -2.39. The van der Waals surface area contributed by atoms with Gasteiger partial charge in [-0.1, -0.05) is 23.7 Å². The molecular formula is C17H18ClNO3. The highest BCUT2D eigenvalue weighted by molar-refractivity contribution is 6.30. The number of rotatable bonds is 5. The van der Waals surface area contributed by atoms with Crippen molar-refractivity contribution >= 4 is 17.5 Å². The molecule has 0 aliphatic heterocycles. The number of nitrogens with one attached hydrogen (secondary N) is 1. The van der Waals surface area contributed by atoms with E-state index in [2.05, 4.69) is 5.32 Å². The lowest BCUT2D eigenvalue weighted by atomic mass is 10.0. The molecule has 1 aromatic heterocycles. The predicted molar refractivity (Wildman–Crippen MR) is 83.6 cm³/mol. The van der Waals surface area contributed by atoms with Gasteiger partial charge in [0.1, 0.15) is 11.4 Å². The normalized spacial score (nSPS) is 22.9. The summed E-state index contributed by atoms with van der Waals surface area (Å²) in [5.41, 5.74) is -0.120. The second-order valence-electron chi connectivity index (χ2n) is 5.97. The van der Waals surface area contributed by atoms with Crippen molar-refractivity contribution in [1.82, 2.24) is 5.32 Å². The van der Waals surface area contributed by atoms with E-state index < -0.39 is 5.60 Å². The van der Waals surface area contributed by atoms with Crippen LogP contribution in [0.2, 0.25) is 5.02 Å². The Morgan fingerprint density at radius 1 is 1.45 bits per heavy atom. The van der Waals surface area contributed by atoms with Crippen molar-refractivity contribution in [3.63, 3.8) is 0 Å². The van der Waals surface area contributed by atoms with Crippen LogP contribution < -0.4 is 5.32 Å². The van der Waals surface area contributed by atoms with Gasteiger partial charge in [0.2, 0.25) is 5.91 Å². The number of hydrogen-bond acceptors (Lipinski definition) is 3. The summed E-state index contributed by atoms with van der Waals surface area (Å²) in [6.07, 6.45) is 2.32. The molecule has 0 spiro atoms. The van der Waals surface area contributed by atoms with Crippen LogP contribution in [0, 0.1) is 5.92 Å². The molecule has 1 heterocycles. The fourth-order valence-corrected chi connectivity index (χ4v) is 2.85. The van der Waals surface area contributed by atoms with Crippen LogP contribution in [0.25, 0.3) is 0 Å². The summed E-state index contributed by atoms with van der Waals surface area (Å²) in [6, 6.07) is 11.0. The first-order valence-electron chi connectivity index (χ1n) is 7.27. The minimum atomic E-state index is -1.21. The average Bonchev–Trinajstić information content (AvgIpc) is 3.09. The van der Waals surface area contributed by atoms with E-state index in [1.807, 2.05) is 24.3 Å². The number of carbonyl (C=O) groups excluding carboxylic acids is 1. The van der Waals surface area contributed by atoms with Gasteiger partial charge in [-0.2, -0.15) is 0 Å². The molecule has 116 valence electrons. The maximum atomic E-state index is 12.2. The van der Waals surface area contributed by atoms with Crippen LogP contribution in [0.5, 0.6) is 0 Å². The molecule has 0 radical (unpaired) electrons. The topological polar surface area (TPSA) is 62.5 Å². The third-order valence-electron chi connectivity index (χ3n) is 4.06. The third-order valence-corrected chi connectivity index (χ3v) is 4.30. The van der Waals surface area contributed by atoms with Crippen molar-refractivity contribution in [3.8, 4) is 0 Å². The molecule has 1 aliphatic rings. The first-order valence-corrected chi connectivity index (χ1v) is 7.65. The van der Waals surface area contributed by atoms with Crippen molar-refractivity contribution in [2.45, 2.75) is 24.9 Å². The zero-order valence-corrected chi connectivity index (χ0v) is 13.0. The fourth-order valence-electron chi connectivity index (χ4n) is 2.65. The van der Waals surface area contributed by atoms with Crippen LogP contribution in [0.1, 0.15) is 30.6 Å². The molecule has 22 heavy (non-hydrogen) atoms. The van der Waals surface area contributed by atoms with E-state index in [1.165, 1.54) is 6.26 Å². The number of halogens is 1. The van der Waals surface area contributed by atoms with Gasteiger partial charge in [-0.15, -0.1) is 0 Å². The molecule has 5 heteroatoms. The summed E-state index contributed by atoms with van der Waals surface area (Å²) in [6.45, 7) is 1.74. The van der Waals surface area contributed by atoms with Crippen LogP contribution in [0.3, 0.4) is 0 Å². The van der Waals surface area contributed by atoms with Crippen LogP contribution >= 0.6 is 11.6 Å². The highest BCUT2D eigenvalue weighted by Crippen LogP contribution is 2.48. The first kappa shape index (κ1) is 15.1. The van der Waals surface area contributed by atoms with E-state index in [1.54, 1.807) is 19.1 Å². The van der Waals surface area contributed by atoms with E-state index in [-0.39, 0.29) is 24.3 Å². The maximum Gasteiger partial charge on any atom is 0.223 e. The number of hydrogen-bond donors (Lipinski definition) is 2. The summed E-state index contributed by atoms with van der Waals surface area (Å²) >= 11 is 5.98. The molecule has 1 fully saturated rings. The predicted octanol–water partition coefficient (Wildman–Crippen LogP) is 3.06. The van der Waals surface area contributed by atoms with Gasteiger partial charge in [-0.25, -0.2) is 0 Å². The second-order valence-corrected chi connectivity index (χ2v) is 6.41. The number of benzene rings is 1. The summed E-state index contributed by atoms with van der Waals surface area (Å²) in [4.78, 5) is 12.2. The number of carbonyl (C=O) groups is 1. The third kappa shape index (κ3) is 3.18. The zero-order chi connectivity index (χ0) is 15.7. The van der Waals surface area contributed by atoms with Crippen molar-refractivity contribution < 1.29 is 14.3 Å². The summed E-state index contributed by atoms with van der Waals surface area (Å²) in [5.74, 6) is 0.560. The molecule has 1 saturated carbocycles. The van der Waals surface area contributed by atoms with Crippen LogP contribution in [0.4, 0.5) is 0 Å². The second kappa shape index (κ2) is 5.78. The SMILES string of the molecule is CC(O)(CNC(=O)C1CC1c1cccc(Cl)c1)c1ccco1. The van der Waals surface area contributed by atoms with Gasteiger partial charge in [-0.05, 0) is 49.1 Å². The molecule has 3 atom stereocenters. The highest BCUT2D eigenvalue weighted by atomic mass is 35.5. The first-order chi connectivity index (χ1) is 10.5. The Morgan fingerprint density at radius 2 is 2.27 bits per heavy atom. The van der Waals surface area contributed by atoms with Crippen molar-refractivity contribution in [3.05, 3.63) is 59.0 Å². The smallest absolute Gasteiger partial charge is 0.223 e. The molecule has 1 aromatic carbocycles. The molecule has 0 bridgehead atoms. The van der Waals surface area contributed by atoms with Gasteiger partial charge in [0, 0.05) is 10.9 Å². The van der Waals surface area contributed by atoms with Gasteiger partial charge < -0.3 is 14.8 Å². The summed E-state index contributed by atoms with van der Waals surface area (Å²) in [5, 5.41) is 13.8. The van der Waals surface area contributed by atoms with Crippen molar-refractivity contribution in [2.24, 2.45) is 5.92 Å². The van der Waals surface area contributed by atoms with Crippen LogP contribution in [-0.4, -0.2) is 17.6 Å². The fraction of sp³-hybridized carbons (Fsp3) is 0.353. The van der Waals surface area contributed by atoms with E-state index in [4.69, 9.17) is 16.0 Å². The van der Waals surface area contributed by atoms with Gasteiger partial charge in [0.05, 0.1) is 12.8 Å². The molecule has 1 amide bonds. The van der Waals surface area contributed by atoms with E-state index in [0.29, 0.717) is 10.8 Å². The van der Waals surface area contributed by atoms with Gasteiger partial charge in [0.15, 0.2) is 0 Å². The largest absolute Gasteiger partial charge is 0.466 e. The minimum absolute atomic E-state index is 0.0446. The monoisotopic (exact) mass is 319 g/mol. The Bertz CT molecular complexity index is 666. The molecule has 0 saturated heterocycles. The average molecular weight is 320 g/mol. The lowest BCUT2D eigenvalue weighted by molar-refractivity contribution is -0.123. The Kier molecular flexibility index (Phi) is 3.98. The van der Waals surface area contributed by atoms with Crippen LogP contribution in [-0.2, 0) is 10.4 Å². The molecule has 2 N–H and O–H groups in total. The molecule has 3 unspecified atom stereocenters. The lowest BCUT2D eigenvalue weighted by Gasteiger charge is -2.21. The number of amides is 1. The minimum Gasteiger partial charge on any atom is -0.466 e. The Labute approximate surface area is 134 Å². The zero-order valence-electron chi connectivity index (χ0n) is 12.3. The standard InChI is InChI=1S/C17H18ClNO3/c1-17(21,15-6-3-7-22-15)10-19-16(20)14-9-13(14)11-4-2-5-12(18)8-11/h2-8,13-14,21H,9-10H2,1H3,(H,19,20). The van der Waals surface area contributed by atoms with Gasteiger partial charge >= 0.3 is 0 Å². The quantitative estimate of drug-likeness (QED) is 0.890. The van der Waals surface area contributed by atoms with E-state index in [0.717, 1.165) is 12.0 Å². The van der Waals surface area contributed by atoms with Crippen molar-refractivity contribution in [1.29, 1.82) is 0 Å². The van der Waals surface area contributed by atoms with Gasteiger partial charge in [0.25, 0.3) is 0 Å². The Balaban J connectivity index is 1.56. The van der Waals surface area contributed by atoms with E-state index >= 15 is 0 Å². The summed E-state index contributed by atoms with van der Waals surface area (Å²) in [7, 11) is 0. The Hall–Kier alpha value is -1.78. The highest BCUT2D eigenvalue weighted by Gasteiger charge is 2.44. The molecular weight excluding hydrogens is 302 g/mol. The maximum absolute atomic E-state index is 12.2. The number of aliphatic hydroxyl groups is 1. The Morgan fingerprint density at radius 3 is 2.95 bits per heavy atom. The molecule has 4 nitrogen and oxygen atoms in total. The van der Waals surface area contributed by atoms with Crippen LogP contribution in [0.15, 0.2) is 47.1 Å². The van der Waals surface area contributed by atoms with E-state index in [9.17, 15) is 9.90 Å². The van der Waals surface area contributed by atoms with Crippen molar-refractivity contribution in [2.75, 3.05) is 6.54 Å².